The number of benzene rings is 1. The highest BCUT2D eigenvalue weighted by atomic mass is 35.5. The van der Waals surface area contributed by atoms with Gasteiger partial charge in [0.1, 0.15) is 11.6 Å². The van der Waals surface area contributed by atoms with E-state index < -0.39 is 0 Å². The zero-order valence-corrected chi connectivity index (χ0v) is 9.48. The van der Waals surface area contributed by atoms with E-state index in [1.54, 1.807) is 6.07 Å². The van der Waals surface area contributed by atoms with Crippen LogP contribution in [0.5, 0.6) is 0 Å². The molecule has 0 amide bonds. The Kier molecular flexibility index (Phi) is 2.83. The van der Waals surface area contributed by atoms with Gasteiger partial charge in [0.25, 0.3) is 0 Å². The summed E-state index contributed by atoms with van der Waals surface area (Å²) in [6.45, 7) is 1.94. The Balaban J connectivity index is 2.62. The topological polar surface area (TPSA) is 54.7 Å². The van der Waals surface area contributed by atoms with Crippen molar-refractivity contribution in [3.63, 3.8) is 0 Å². The number of anilines is 1. The van der Waals surface area contributed by atoms with Crippen LogP contribution in [0, 0.1) is 5.82 Å². The number of halogens is 2. The van der Waals surface area contributed by atoms with Crippen molar-refractivity contribution in [1.82, 2.24) is 10.2 Å². The Morgan fingerprint density at radius 1 is 1.50 bits per heavy atom. The molecule has 1 aromatic heterocycles. The van der Waals surface area contributed by atoms with E-state index in [0.29, 0.717) is 28.5 Å². The van der Waals surface area contributed by atoms with E-state index in [1.165, 1.54) is 12.1 Å². The summed E-state index contributed by atoms with van der Waals surface area (Å²) >= 11 is 5.84. The van der Waals surface area contributed by atoms with Crippen molar-refractivity contribution in [3.8, 4) is 11.3 Å². The van der Waals surface area contributed by atoms with E-state index >= 15 is 0 Å². The fraction of sp³-hybridized carbons (Fsp3) is 0.182. The first kappa shape index (κ1) is 11.0. The third-order valence-corrected chi connectivity index (χ3v) is 2.69. The highest BCUT2D eigenvalue weighted by Crippen LogP contribution is 2.29. The van der Waals surface area contributed by atoms with Crippen molar-refractivity contribution in [2.75, 3.05) is 5.73 Å². The van der Waals surface area contributed by atoms with E-state index in [9.17, 15) is 4.39 Å². The SMILES string of the molecule is CCc1c(N)n[nH]c1-c1cc(Cl)ccc1F. The predicted octanol–water partition coefficient (Wildman–Crippen LogP) is 3.01. The van der Waals surface area contributed by atoms with Gasteiger partial charge in [-0.3, -0.25) is 5.10 Å². The number of nitrogens with zero attached hydrogens (tertiary/aromatic N) is 1. The maximum absolute atomic E-state index is 13.6. The van der Waals surface area contributed by atoms with Crippen LogP contribution in [-0.4, -0.2) is 10.2 Å². The second kappa shape index (κ2) is 4.14. The number of H-pyrrole nitrogens is 1. The molecule has 84 valence electrons. The summed E-state index contributed by atoms with van der Waals surface area (Å²) in [4.78, 5) is 0. The largest absolute Gasteiger partial charge is 0.382 e. The van der Waals surface area contributed by atoms with Gasteiger partial charge in [0.15, 0.2) is 0 Å². The molecule has 0 aliphatic rings. The van der Waals surface area contributed by atoms with Crippen LogP contribution < -0.4 is 5.73 Å². The van der Waals surface area contributed by atoms with Gasteiger partial charge in [-0.25, -0.2) is 4.39 Å². The standard InChI is InChI=1S/C11H11ClFN3/c1-2-7-10(15-16-11(7)14)8-5-6(12)3-4-9(8)13/h3-5H,2H2,1H3,(H3,14,15,16). The summed E-state index contributed by atoms with van der Waals surface area (Å²) in [7, 11) is 0. The number of nitrogens with two attached hydrogens (primary N) is 1. The summed E-state index contributed by atoms with van der Waals surface area (Å²) in [5, 5.41) is 7.09. The number of nitrogens with one attached hydrogen (secondary N) is 1. The van der Waals surface area contributed by atoms with Crippen LogP contribution >= 0.6 is 11.6 Å². The van der Waals surface area contributed by atoms with Crippen LogP contribution in [0.25, 0.3) is 11.3 Å². The van der Waals surface area contributed by atoms with Crippen molar-refractivity contribution < 1.29 is 4.39 Å². The molecule has 0 saturated heterocycles. The van der Waals surface area contributed by atoms with Crippen molar-refractivity contribution >= 4 is 17.4 Å². The smallest absolute Gasteiger partial charge is 0.149 e. The highest BCUT2D eigenvalue weighted by molar-refractivity contribution is 6.30. The summed E-state index contributed by atoms with van der Waals surface area (Å²) < 4.78 is 13.6. The summed E-state index contributed by atoms with van der Waals surface area (Å²) in [5.41, 5.74) is 7.48. The van der Waals surface area contributed by atoms with E-state index in [-0.39, 0.29) is 5.82 Å². The Labute approximate surface area is 97.4 Å². The molecular weight excluding hydrogens is 229 g/mol. The number of aromatic nitrogens is 2. The second-order valence-electron chi connectivity index (χ2n) is 3.44. The molecule has 1 heterocycles. The Hall–Kier alpha value is -1.55. The van der Waals surface area contributed by atoms with Crippen LogP contribution in [0.2, 0.25) is 5.02 Å². The van der Waals surface area contributed by atoms with Crippen LogP contribution in [0.4, 0.5) is 10.2 Å². The predicted molar refractivity (Wildman–Crippen MR) is 62.8 cm³/mol. The molecule has 2 rings (SSSR count). The van der Waals surface area contributed by atoms with Gasteiger partial charge in [-0.15, -0.1) is 0 Å². The van der Waals surface area contributed by atoms with Gasteiger partial charge in [0.05, 0.1) is 5.69 Å². The number of hydrogen-bond acceptors (Lipinski definition) is 2. The first-order chi connectivity index (χ1) is 7.63. The zero-order chi connectivity index (χ0) is 11.7. The van der Waals surface area contributed by atoms with Crippen LogP contribution in [0.3, 0.4) is 0 Å². The second-order valence-corrected chi connectivity index (χ2v) is 3.88. The van der Waals surface area contributed by atoms with Crippen molar-refractivity contribution in [1.29, 1.82) is 0 Å². The zero-order valence-electron chi connectivity index (χ0n) is 8.72. The molecule has 0 fully saturated rings. The maximum Gasteiger partial charge on any atom is 0.149 e. The van der Waals surface area contributed by atoms with E-state index in [2.05, 4.69) is 10.2 Å². The lowest BCUT2D eigenvalue weighted by Crippen LogP contribution is -1.92. The molecule has 0 aliphatic carbocycles. The van der Waals surface area contributed by atoms with Gasteiger partial charge >= 0.3 is 0 Å². The summed E-state index contributed by atoms with van der Waals surface area (Å²) in [5.74, 6) is 0.0552. The average molecular weight is 240 g/mol. The van der Waals surface area contributed by atoms with Gasteiger partial charge in [0.2, 0.25) is 0 Å². The molecule has 16 heavy (non-hydrogen) atoms. The lowest BCUT2D eigenvalue weighted by Gasteiger charge is -2.04. The van der Waals surface area contributed by atoms with Crippen molar-refractivity contribution in [3.05, 3.63) is 34.6 Å². The normalized spacial score (nSPS) is 10.7. The Morgan fingerprint density at radius 3 is 2.94 bits per heavy atom. The lowest BCUT2D eigenvalue weighted by molar-refractivity contribution is 0.630. The fourth-order valence-corrected chi connectivity index (χ4v) is 1.82. The minimum absolute atomic E-state index is 0.345. The van der Waals surface area contributed by atoms with Crippen molar-refractivity contribution in [2.45, 2.75) is 13.3 Å². The monoisotopic (exact) mass is 239 g/mol. The van der Waals surface area contributed by atoms with E-state index in [0.717, 1.165) is 5.56 Å². The van der Waals surface area contributed by atoms with Crippen LogP contribution in [-0.2, 0) is 6.42 Å². The fourth-order valence-electron chi connectivity index (χ4n) is 1.65. The van der Waals surface area contributed by atoms with Gasteiger partial charge in [0, 0.05) is 16.1 Å². The lowest BCUT2D eigenvalue weighted by atomic mass is 10.1. The molecule has 0 atom stereocenters. The minimum atomic E-state index is -0.345. The third-order valence-electron chi connectivity index (χ3n) is 2.45. The number of nitrogen functional groups attached to an aromatic ring is 1. The molecule has 2 aromatic rings. The number of rotatable bonds is 2. The molecule has 5 heteroatoms. The quantitative estimate of drug-likeness (QED) is 0.847. The molecule has 0 spiro atoms. The van der Waals surface area contributed by atoms with Crippen LogP contribution in [0.15, 0.2) is 18.2 Å². The molecule has 0 radical (unpaired) electrons. The van der Waals surface area contributed by atoms with Gasteiger partial charge in [-0.05, 0) is 24.6 Å². The molecule has 3 N–H and O–H groups in total. The molecule has 3 nitrogen and oxygen atoms in total. The van der Waals surface area contributed by atoms with E-state index in [1.807, 2.05) is 6.92 Å². The van der Waals surface area contributed by atoms with Gasteiger partial charge in [-0.1, -0.05) is 18.5 Å². The summed E-state index contributed by atoms with van der Waals surface area (Å²) in [6.07, 6.45) is 0.684. The molecule has 0 aliphatic heterocycles. The Morgan fingerprint density at radius 2 is 2.25 bits per heavy atom. The minimum Gasteiger partial charge on any atom is -0.382 e. The highest BCUT2D eigenvalue weighted by Gasteiger charge is 2.14. The number of aromatic amines is 1. The maximum atomic E-state index is 13.6. The van der Waals surface area contributed by atoms with Gasteiger partial charge in [-0.2, -0.15) is 5.10 Å². The number of hydrogen-bond donors (Lipinski definition) is 2. The van der Waals surface area contributed by atoms with Crippen LogP contribution in [0.1, 0.15) is 12.5 Å². The van der Waals surface area contributed by atoms with E-state index in [4.69, 9.17) is 17.3 Å². The molecule has 0 bridgehead atoms. The summed E-state index contributed by atoms with van der Waals surface area (Å²) in [6, 6.07) is 4.39. The molecular formula is C11H11ClFN3. The first-order valence-corrected chi connectivity index (χ1v) is 5.29. The first-order valence-electron chi connectivity index (χ1n) is 4.91. The average Bonchev–Trinajstić information content (AvgIpc) is 2.63. The Bertz CT molecular complexity index is 522. The molecule has 1 aromatic carbocycles. The van der Waals surface area contributed by atoms with Crippen molar-refractivity contribution in [2.24, 2.45) is 0 Å². The molecule has 0 unspecified atom stereocenters. The third kappa shape index (κ3) is 1.76. The van der Waals surface area contributed by atoms with Gasteiger partial charge < -0.3 is 5.73 Å². The molecule has 0 saturated carbocycles.